The number of rotatable bonds is 4. The van der Waals surface area contributed by atoms with E-state index >= 15 is 0 Å². The molecule has 1 nitrogen and oxygen atoms in total. The number of hydrogen-bond donors (Lipinski definition) is 1. The summed E-state index contributed by atoms with van der Waals surface area (Å²) in [5.41, 5.74) is 10.1. The van der Waals surface area contributed by atoms with Crippen molar-refractivity contribution < 1.29 is 0 Å². The highest BCUT2D eigenvalue weighted by Crippen LogP contribution is 2.22. The molecule has 0 heterocycles. The van der Waals surface area contributed by atoms with Gasteiger partial charge in [0, 0.05) is 11.8 Å². The molecule has 0 amide bonds. The standard InChI is InChI=1S/C13H21NS/c1-9(2)15-8-13(14)12-6-5-10(3)7-11(12)4/h5-7,9,13H,8,14H2,1-4H3. The van der Waals surface area contributed by atoms with E-state index in [2.05, 4.69) is 45.9 Å². The summed E-state index contributed by atoms with van der Waals surface area (Å²) in [6.45, 7) is 8.67. The molecule has 0 saturated heterocycles. The van der Waals surface area contributed by atoms with E-state index in [0.717, 1.165) is 5.75 Å². The minimum Gasteiger partial charge on any atom is -0.323 e. The average Bonchev–Trinajstić information content (AvgIpc) is 2.14. The van der Waals surface area contributed by atoms with Gasteiger partial charge in [0.1, 0.15) is 0 Å². The Bertz CT molecular complexity index is 320. The molecule has 1 unspecified atom stereocenters. The Balaban J connectivity index is 2.69. The molecular weight excluding hydrogens is 202 g/mol. The molecule has 0 radical (unpaired) electrons. The summed E-state index contributed by atoms with van der Waals surface area (Å²) in [5, 5.41) is 0.654. The fourth-order valence-electron chi connectivity index (χ4n) is 1.63. The lowest BCUT2D eigenvalue weighted by atomic mass is 10.0. The van der Waals surface area contributed by atoms with Crippen LogP contribution in [0.5, 0.6) is 0 Å². The molecule has 1 aromatic carbocycles. The SMILES string of the molecule is Cc1ccc(C(N)CSC(C)C)c(C)c1. The molecule has 0 saturated carbocycles. The van der Waals surface area contributed by atoms with E-state index < -0.39 is 0 Å². The molecule has 1 aromatic rings. The largest absolute Gasteiger partial charge is 0.323 e. The van der Waals surface area contributed by atoms with Crippen molar-refractivity contribution in [2.24, 2.45) is 5.73 Å². The number of aryl methyl sites for hydroxylation is 2. The molecule has 0 aromatic heterocycles. The van der Waals surface area contributed by atoms with Crippen molar-refractivity contribution in [3.8, 4) is 0 Å². The molecule has 0 spiro atoms. The fourth-order valence-corrected chi connectivity index (χ4v) is 2.40. The second-order valence-electron chi connectivity index (χ2n) is 4.35. The zero-order valence-corrected chi connectivity index (χ0v) is 10.9. The normalized spacial score (nSPS) is 13.2. The average molecular weight is 223 g/mol. The second-order valence-corrected chi connectivity index (χ2v) is 5.96. The molecule has 15 heavy (non-hydrogen) atoms. The maximum atomic E-state index is 6.17. The number of thioether (sulfide) groups is 1. The summed E-state index contributed by atoms with van der Waals surface area (Å²) in [6.07, 6.45) is 0. The Labute approximate surface area is 97.4 Å². The summed E-state index contributed by atoms with van der Waals surface area (Å²) >= 11 is 1.92. The Morgan fingerprint density at radius 2 is 1.93 bits per heavy atom. The first-order chi connectivity index (χ1) is 7.00. The topological polar surface area (TPSA) is 26.0 Å². The highest BCUT2D eigenvalue weighted by Gasteiger charge is 2.09. The van der Waals surface area contributed by atoms with Gasteiger partial charge in [0.2, 0.25) is 0 Å². The van der Waals surface area contributed by atoms with Crippen LogP contribution in [0, 0.1) is 13.8 Å². The first-order valence-corrected chi connectivity index (χ1v) is 6.50. The summed E-state index contributed by atoms with van der Waals surface area (Å²) < 4.78 is 0. The third-order valence-corrected chi connectivity index (χ3v) is 3.65. The molecule has 1 rings (SSSR count). The predicted octanol–water partition coefficient (Wildman–Crippen LogP) is 3.44. The van der Waals surface area contributed by atoms with Crippen molar-refractivity contribution >= 4 is 11.8 Å². The van der Waals surface area contributed by atoms with E-state index in [9.17, 15) is 0 Å². The van der Waals surface area contributed by atoms with Gasteiger partial charge in [-0.25, -0.2) is 0 Å². The van der Waals surface area contributed by atoms with Crippen LogP contribution in [-0.4, -0.2) is 11.0 Å². The first-order valence-electron chi connectivity index (χ1n) is 5.45. The molecule has 2 N–H and O–H groups in total. The van der Waals surface area contributed by atoms with Gasteiger partial charge < -0.3 is 5.73 Å². The highest BCUT2D eigenvalue weighted by atomic mass is 32.2. The maximum absolute atomic E-state index is 6.17. The van der Waals surface area contributed by atoms with Crippen LogP contribution in [0.3, 0.4) is 0 Å². The van der Waals surface area contributed by atoms with E-state index in [1.807, 2.05) is 11.8 Å². The smallest absolute Gasteiger partial charge is 0.0389 e. The van der Waals surface area contributed by atoms with E-state index in [4.69, 9.17) is 5.73 Å². The second kappa shape index (κ2) is 5.57. The lowest BCUT2D eigenvalue weighted by Gasteiger charge is -2.16. The number of hydrogen-bond acceptors (Lipinski definition) is 2. The van der Waals surface area contributed by atoms with E-state index in [1.54, 1.807) is 0 Å². The number of nitrogens with two attached hydrogens (primary N) is 1. The van der Waals surface area contributed by atoms with Crippen LogP contribution in [0.2, 0.25) is 0 Å². The van der Waals surface area contributed by atoms with Gasteiger partial charge in [0.05, 0.1) is 0 Å². The molecule has 2 heteroatoms. The van der Waals surface area contributed by atoms with Crippen molar-refractivity contribution in [2.45, 2.75) is 39.0 Å². The lowest BCUT2D eigenvalue weighted by Crippen LogP contribution is -2.15. The van der Waals surface area contributed by atoms with Gasteiger partial charge >= 0.3 is 0 Å². The van der Waals surface area contributed by atoms with Crippen LogP contribution in [0.15, 0.2) is 18.2 Å². The molecule has 0 fully saturated rings. The molecule has 0 aliphatic heterocycles. The van der Waals surface area contributed by atoms with Crippen molar-refractivity contribution in [1.29, 1.82) is 0 Å². The third kappa shape index (κ3) is 3.88. The van der Waals surface area contributed by atoms with Crippen molar-refractivity contribution in [3.05, 3.63) is 34.9 Å². The summed E-state index contributed by atoms with van der Waals surface area (Å²) in [6, 6.07) is 6.67. The monoisotopic (exact) mass is 223 g/mol. The van der Waals surface area contributed by atoms with Gasteiger partial charge in [-0.05, 0) is 30.2 Å². The molecule has 0 aliphatic rings. The molecular formula is C13H21NS. The van der Waals surface area contributed by atoms with Gasteiger partial charge in [-0.1, -0.05) is 37.6 Å². The summed E-state index contributed by atoms with van der Waals surface area (Å²) in [5.74, 6) is 1.00. The Kier molecular flexibility index (Phi) is 4.68. The van der Waals surface area contributed by atoms with Gasteiger partial charge in [-0.15, -0.1) is 0 Å². The highest BCUT2D eigenvalue weighted by molar-refractivity contribution is 7.99. The molecule has 0 bridgehead atoms. The zero-order chi connectivity index (χ0) is 11.4. The Morgan fingerprint density at radius 1 is 1.27 bits per heavy atom. The molecule has 84 valence electrons. The van der Waals surface area contributed by atoms with Crippen LogP contribution in [0.25, 0.3) is 0 Å². The zero-order valence-electron chi connectivity index (χ0n) is 10.1. The summed E-state index contributed by atoms with van der Waals surface area (Å²) in [4.78, 5) is 0. The minimum absolute atomic E-state index is 0.165. The van der Waals surface area contributed by atoms with Gasteiger partial charge in [-0.3, -0.25) is 0 Å². The van der Waals surface area contributed by atoms with E-state index in [1.165, 1.54) is 16.7 Å². The lowest BCUT2D eigenvalue weighted by molar-refractivity contribution is 0.819. The van der Waals surface area contributed by atoms with E-state index in [-0.39, 0.29) is 6.04 Å². The third-order valence-electron chi connectivity index (χ3n) is 2.43. The molecule has 1 atom stereocenters. The van der Waals surface area contributed by atoms with Crippen LogP contribution >= 0.6 is 11.8 Å². The minimum atomic E-state index is 0.165. The van der Waals surface area contributed by atoms with Crippen LogP contribution < -0.4 is 5.73 Å². The van der Waals surface area contributed by atoms with Gasteiger partial charge in [-0.2, -0.15) is 11.8 Å². The predicted molar refractivity (Wildman–Crippen MR) is 70.4 cm³/mol. The van der Waals surface area contributed by atoms with Crippen molar-refractivity contribution in [3.63, 3.8) is 0 Å². The van der Waals surface area contributed by atoms with Gasteiger partial charge in [0.15, 0.2) is 0 Å². The fraction of sp³-hybridized carbons (Fsp3) is 0.538. The van der Waals surface area contributed by atoms with Crippen LogP contribution in [0.1, 0.15) is 36.6 Å². The quantitative estimate of drug-likeness (QED) is 0.846. The van der Waals surface area contributed by atoms with Gasteiger partial charge in [0.25, 0.3) is 0 Å². The number of benzene rings is 1. The Morgan fingerprint density at radius 3 is 2.47 bits per heavy atom. The van der Waals surface area contributed by atoms with Crippen LogP contribution in [0.4, 0.5) is 0 Å². The first kappa shape index (κ1) is 12.6. The van der Waals surface area contributed by atoms with Crippen LogP contribution in [-0.2, 0) is 0 Å². The maximum Gasteiger partial charge on any atom is 0.0389 e. The molecule has 0 aliphatic carbocycles. The Hall–Kier alpha value is -0.470. The van der Waals surface area contributed by atoms with Crippen molar-refractivity contribution in [1.82, 2.24) is 0 Å². The summed E-state index contributed by atoms with van der Waals surface area (Å²) in [7, 11) is 0. The van der Waals surface area contributed by atoms with Crippen molar-refractivity contribution in [2.75, 3.05) is 5.75 Å². The van der Waals surface area contributed by atoms with E-state index in [0.29, 0.717) is 5.25 Å².